The summed E-state index contributed by atoms with van der Waals surface area (Å²) in [6.07, 6.45) is 3.17. The average Bonchev–Trinajstić information content (AvgIpc) is 2.77. The van der Waals surface area contributed by atoms with Gasteiger partial charge in [-0.15, -0.1) is 0 Å². The number of fused-ring (bicyclic) bond motifs is 1. The summed E-state index contributed by atoms with van der Waals surface area (Å²) in [6, 6.07) is 22.5. The summed E-state index contributed by atoms with van der Waals surface area (Å²) in [5, 5.41) is 2.13. The number of benzene rings is 3. The Bertz CT molecular complexity index is 1010. The van der Waals surface area contributed by atoms with Crippen LogP contribution in [0.25, 0.3) is 10.8 Å². The van der Waals surface area contributed by atoms with Crippen LogP contribution >= 0.6 is 0 Å². The second-order valence-corrected chi connectivity index (χ2v) is 9.26. The van der Waals surface area contributed by atoms with Gasteiger partial charge in [-0.1, -0.05) is 69.3 Å². The van der Waals surface area contributed by atoms with E-state index in [4.69, 9.17) is 4.74 Å². The Morgan fingerprint density at radius 3 is 2.47 bits per heavy atom. The van der Waals surface area contributed by atoms with Gasteiger partial charge in [0.15, 0.2) is 0 Å². The van der Waals surface area contributed by atoms with Gasteiger partial charge >= 0.3 is 0 Å². The van der Waals surface area contributed by atoms with Gasteiger partial charge in [-0.3, -0.25) is 4.79 Å². The van der Waals surface area contributed by atoms with E-state index in [2.05, 4.69) is 45.0 Å². The smallest absolute Gasteiger partial charge is 0.254 e. The number of carbonyl (C=O) groups excluding carboxylic acids is 1. The lowest BCUT2D eigenvalue weighted by atomic mass is 9.87. The Labute approximate surface area is 179 Å². The average molecular weight is 402 g/mol. The molecule has 1 heterocycles. The molecule has 1 atom stereocenters. The van der Waals surface area contributed by atoms with E-state index in [1.165, 1.54) is 5.56 Å². The van der Waals surface area contributed by atoms with Gasteiger partial charge in [-0.05, 0) is 59.2 Å². The number of hydrogen-bond acceptors (Lipinski definition) is 2. The summed E-state index contributed by atoms with van der Waals surface area (Å²) >= 11 is 0. The van der Waals surface area contributed by atoms with Gasteiger partial charge in [0.05, 0.1) is 6.04 Å². The monoisotopic (exact) mass is 401 g/mol. The molecule has 3 heteroatoms. The van der Waals surface area contributed by atoms with Crippen molar-refractivity contribution in [3.8, 4) is 5.75 Å². The number of carbonyl (C=O) groups is 1. The molecule has 3 nitrogen and oxygen atoms in total. The number of rotatable bonds is 4. The van der Waals surface area contributed by atoms with Crippen LogP contribution in [-0.4, -0.2) is 30.0 Å². The van der Waals surface area contributed by atoms with Crippen LogP contribution in [0.5, 0.6) is 5.75 Å². The zero-order valence-electron chi connectivity index (χ0n) is 18.2. The van der Waals surface area contributed by atoms with E-state index in [9.17, 15) is 4.79 Å². The minimum absolute atomic E-state index is 0.104. The molecule has 3 aromatic rings. The van der Waals surface area contributed by atoms with Gasteiger partial charge in [0, 0.05) is 12.1 Å². The van der Waals surface area contributed by atoms with Crippen molar-refractivity contribution in [3.63, 3.8) is 0 Å². The van der Waals surface area contributed by atoms with Crippen LogP contribution in [0, 0.1) is 0 Å². The molecular formula is C27H31NO2. The minimum Gasteiger partial charge on any atom is -0.491 e. The fraction of sp³-hybridized carbons (Fsp3) is 0.370. The first kappa shape index (κ1) is 20.5. The lowest BCUT2D eigenvalue weighted by molar-refractivity contribution is 0.0530. The lowest BCUT2D eigenvalue weighted by Gasteiger charge is -2.36. The summed E-state index contributed by atoms with van der Waals surface area (Å²) in [6.45, 7) is 7.95. The van der Waals surface area contributed by atoms with Gasteiger partial charge in [0.1, 0.15) is 12.4 Å². The maximum absolute atomic E-state index is 13.5. The Hall–Kier alpha value is -2.81. The van der Waals surface area contributed by atoms with Crippen LogP contribution in [0.3, 0.4) is 0 Å². The van der Waals surface area contributed by atoms with E-state index < -0.39 is 0 Å². The first-order valence-corrected chi connectivity index (χ1v) is 11.0. The SMILES string of the molecule is CC(C)(C)c1ccc(OCC2CCCCN2C(=O)c2cccc3ccccc23)cc1. The molecule has 1 aliphatic rings. The zero-order valence-corrected chi connectivity index (χ0v) is 18.2. The highest BCUT2D eigenvalue weighted by atomic mass is 16.5. The molecule has 1 aliphatic heterocycles. The van der Waals surface area contributed by atoms with E-state index in [1.807, 2.05) is 47.4 Å². The van der Waals surface area contributed by atoms with Gasteiger partial charge < -0.3 is 9.64 Å². The molecule has 1 unspecified atom stereocenters. The number of likely N-dealkylation sites (tertiary alicyclic amines) is 1. The van der Waals surface area contributed by atoms with Gasteiger partial charge in [-0.25, -0.2) is 0 Å². The molecule has 4 rings (SSSR count). The number of amides is 1. The van der Waals surface area contributed by atoms with Crippen molar-refractivity contribution in [1.29, 1.82) is 0 Å². The Balaban J connectivity index is 1.49. The topological polar surface area (TPSA) is 29.5 Å². The summed E-state index contributed by atoms with van der Waals surface area (Å²) < 4.78 is 6.12. The Morgan fingerprint density at radius 2 is 1.70 bits per heavy atom. The predicted octanol–water partition coefficient (Wildman–Crippen LogP) is 6.21. The van der Waals surface area contributed by atoms with Crippen LogP contribution in [0.1, 0.15) is 56.0 Å². The normalized spacial score (nSPS) is 17.2. The molecule has 1 fully saturated rings. The van der Waals surface area contributed by atoms with E-state index in [-0.39, 0.29) is 17.4 Å². The molecule has 30 heavy (non-hydrogen) atoms. The molecule has 0 spiro atoms. The third kappa shape index (κ3) is 4.35. The summed E-state index contributed by atoms with van der Waals surface area (Å²) in [5.74, 6) is 0.981. The van der Waals surface area contributed by atoms with E-state index in [0.717, 1.165) is 47.9 Å². The van der Waals surface area contributed by atoms with E-state index >= 15 is 0 Å². The highest BCUT2D eigenvalue weighted by Crippen LogP contribution is 2.27. The number of ether oxygens (including phenoxy) is 1. The summed E-state index contributed by atoms with van der Waals surface area (Å²) in [5.41, 5.74) is 2.21. The second kappa shape index (κ2) is 8.51. The van der Waals surface area contributed by atoms with Crippen molar-refractivity contribution in [2.75, 3.05) is 13.2 Å². The van der Waals surface area contributed by atoms with Crippen molar-refractivity contribution in [2.24, 2.45) is 0 Å². The zero-order chi connectivity index (χ0) is 21.1. The first-order chi connectivity index (χ1) is 14.4. The molecule has 156 valence electrons. The molecule has 3 aromatic carbocycles. The molecule has 1 saturated heterocycles. The van der Waals surface area contributed by atoms with Crippen LogP contribution in [0.2, 0.25) is 0 Å². The number of piperidine rings is 1. The third-order valence-corrected chi connectivity index (χ3v) is 6.07. The fourth-order valence-electron chi connectivity index (χ4n) is 4.25. The quantitative estimate of drug-likeness (QED) is 0.520. The van der Waals surface area contributed by atoms with Crippen LogP contribution in [0.15, 0.2) is 66.7 Å². The standard InChI is InChI=1S/C27H31NO2/c1-27(2,3)21-14-16-23(17-15-21)30-19-22-11-6-7-18-28(22)26(29)25-13-8-10-20-9-4-5-12-24(20)25/h4-5,8-10,12-17,22H,6-7,11,18-19H2,1-3H3. The number of nitrogens with zero attached hydrogens (tertiary/aromatic N) is 1. The van der Waals surface area contributed by atoms with E-state index in [1.54, 1.807) is 0 Å². The van der Waals surface area contributed by atoms with Gasteiger partial charge in [0.25, 0.3) is 5.91 Å². The second-order valence-electron chi connectivity index (χ2n) is 9.26. The predicted molar refractivity (Wildman–Crippen MR) is 123 cm³/mol. The van der Waals surface area contributed by atoms with Crippen LogP contribution in [-0.2, 0) is 5.41 Å². The maximum atomic E-state index is 13.5. The third-order valence-electron chi connectivity index (χ3n) is 6.07. The summed E-state index contributed by atoms with van der Waals surface area (Å²) in [7, 11) is 0. The molecule has 1 amide bonds. The fourth-order valence-corrected chi connectivity index (χ4v) is 4.25. The molecular weight excluding hydrogens is 370 g/mol. The Kier molecular flexibility index (Phi) is 5.80. The molecule has 0 radical (unpaired) electrons. The van der Waals surface area contributed by atoms with Crippen molar-refractivity contribution in [1.82, 2.24) is 4.90 Å². The molecule has 0 bridgehead atoms. The molecule has 0 aliphatic carbocycles. The lowest BCUT2D eigenvalue weighted by Crippen LogP contribution is -2.46. The Morgan fingerprint density at radius 1 is 0.967 bits per heavy atom. The van der Waals surface area contributed by atoms with E-state index in [0.29, 0.717) is 6.61 Å². The van der Waals surface area contributed by atoms with Crippen molar-refractivity contribution in [2.45, 2.75) is 51.5 Å². The largest absolute Gasteiger partial charge is 0.491 e. The number of hydrogen-bond donors (Lipinski definition) is 0. The molecule has 0 aromatic heterocycles. The van der Waals surface area contributed by atoms with Gasteiger partial charge in [-0.2, -0.15) is 0 Å². The highest BCUT2D eigenvalue weighted by Gasteiger charge is 2.29. The van der Waals surface area contributed by atoms with Crippen molar-refractivity contribution < 1.29 is 9.53 Å². The van der Waals surface area contributed by atoms with Crippen molar-refractivity contribution in [3.05, 3.63) is 77.9 Å². The maximum Gasteiger partial charge on any atom is 0.254 e. The molecule has 0 saturated carbocycles. The molecule has 0 N–H and O–H groups in total. The summed E-state index contributed by atoms with van der Waals surface area (Å²) in [4.78, 5) is 15.5. The van der Waals surface area contributed by atoms with Crippen LogP contribution < -0.4 is 4.74 Å². The minimum atomic E-state index is 0.104. The highest BCUT2D eigenvalue weighted by molar-refractivity contribution is 6.07. The van der Waals surface area contributed by atoms with Gasteiger partial charge in [0.2, 0.25) is 0 Å². The van der Waals surface area contributed by atoms with Crippen molar-refractivity contribution >= 4 is 16.7 Å². The first-order valence-electron chi connectivity index (χ1n) is 11.0. The van der Waals surface area contributed by atoms with Crippen LogP contribution in [0.4, 0.5) is 0 Å².